The molecule has 0 spiro atoms. The first-order chi connectivity index (χ1) is 4.72. The van der Waals surface area contributed by atoms with Crippen LogP contribution in [0.2, 0.25) is 0 Å². The van der Waals surface area contributed by atoms with Crippen molar-refractivity contribution < 1.29 is 10.2 Å². The minimum Gasteiger partial charge on any atom is -0.396 e. The highest BCUT2D eigenvalue weighted by Crippen LogP contribution is 2.19. The number of aliphatic hydroxyl groups is 2. The fourth-order valence-corrected chi connectivity index (χ4v) is 1.06. The lowest BCUT2D eigenvalue weighted by molar-refractivity contribution is 0.208. The van der Waals surface area contributed by atoms with E-state index in [1.165, 1.54) is 0 Å². The zero-order chi connectivity index (χ0) is 7.98. The van der Waals surface area contributed by atoms with E-state index in [2.05, 4.69) is 0 Å². The Morgan fingerprint density at radius 2 is 1.80 bits per heavy atom. The Hall–Kier alpha value is 0.500. The molecule has 10 heavy (non-hydrogen) atoms. The summed E-state index contributed by atoms with van der Waals surface area (Å²) in [6.45, 7) is 0.106. The number of halogens is 2. The summed E-state index contributed by atoms with van der Waals surface area (Å²) in [5.74, 6) is -0.101. The van der Waals surface area contributed by atoms with E-state index >= 15 is 0 Å². The quantitative estimate of drug-likeness (QED) is 0.634. The van der Waals surface area contributed by atoms with Gasteiger partial charge in [0, 0.05) is 19.1 Å². The highest BCUT2D eigenvalue weighted by molar-refractivity contribution is 6.44. The zero-order valence-corrected chi connectivity index (χ0v) is 7.15. The second-order valence-electron chi connectivity index (χ2n) is 2.14. The van der Waals surface area contributed by atoms with Crippen molar-refractivity contribution >= 4 is 23.2 Å². The smallest absolute Gasteiger partial charge is 0.112 e. The monoisotopic (exact) mass is 186 g/mol. The second kappa shape index (κ2) is 6.23. The Morgan fingerprint density at radius 3 is 2.10 bits per heavy atom. The van der Waals surface area contributed by atoms with E-state index in [-0.39, 0.29) is 19.1 Å². The van der Waals surface area contributed by atoms with Crippen molar-refractivity contribution in [2.75, 3.05) is 13.2 Å². The molecule has 0 heterocycles. The molecule has 0 radical (unpaired) electrons. The van der Waals surface area contributed by atoms with Crippen LogP contribution in [0.5, 0.6) is 0 Å². The summed E-state index contributed by atoms with van der Waals surface area (Å²) in [5.41, 5.74) is 0. The molecule has 0 saturated heterocycles. The first-order valence-corrected chi connectivity index (χ1v) is 4.09. The Labute approximate surface area is 70.8 Å². The third-order valence-electron chi connectivity index (χ3n) is 1.32. The Bertz CT molecular complexity index is 78.1. The molecule has 0 aromatic carbocycles. The minimum absolute atomic E-state index is 0.0162. The van der Waals surface area contributed by atoms with Crippen molar-refractivity contribution in [2.45, 2.75) is 17.7 Å². The first kappa shape index (κ1) is 10.5. The molecule has 0 fully saturated rings. The summed E-state index contributed by atoms with van der Waals surface area (Å²) >= 11 is 11.0. The summed E-state index contributed by atoms with van der Waals surface area (Å²) in [4.78, 5) is -0.531. The van der Waals surface area contributed by atoms with Crippen LogP contribution in [0.4, 0.5) is 0 Å². The van der Waals surface area contributed by atoms with Crippen molar-refractivity contribution in [3.63, 3.8) is 0 Å². The van der Waals surface area contributed by atoms with Crippen LogP contribution < -0.4 is 0 Å². The van der Waals surface area contributed by atoms with Crippen molar-refractivity contribution in [3.8, 4) is 0 Å². The molecule has 0 aromatic rings. The van der Waals surface area contributed by atoms with Gasteiger partial charge in [0.05, 0.1) is 0 Å². The van der Waals surface area contributed by atoms with Gasteiger partial charge in [-0.3, -0.25) is 0 Å². The van der Waals surface area contributed by atoms with Gasteiger partial charge in [0.2, 0.25) is 0 Å². The fourth-order valence-electron chi connectivity index (χ4n) is 0.650. The van der Waals surface area contributed by atoms with E-state index in [9.17, 15) is 0 Å². The highest BCUT2D eigenvalue weighted by atomic mass is 35.5. The predicted molar refractivity (Wildman–Crippen MR) is 42.4 cm³/mol. The van der Waals surface area contributed by atoms with Gasteiger partial charge in [-0.2, -0.15) is 0 Å². The molecule has 0 aliphatic rings. The summed E-state index contributed by atoms with van der Waals surface area (Å²) in [5, 5.41) is 17.1. The number of alkyl halides is 2. The predicted octanol–water partition coefficient (Wildman–Crippen LogP) is 1.17. The normalized spacial score (nSPS) is 14.1. The van der Waals surface area contributed by atoms with Crippen molar-refractivity contribution in [1.29, 1.82) is 0 Å². The van der Waals surface area contributed by atoms with Crippen LogP contribution in [0.15, 0.2) is 0 Å². The Kier molecular flexibility index (Phi) is 6.54. The van der Waals surface area contributed by atoms with Crippen LogP contribution in [-0.4, -0.2) is 28.3 Å². The van der Waals surface area contributed by atoms with E-state index in [4.69, 9.17) is 33.4 Å². The van der Waals surface area contributed by atoms with Gasteiger partial charge in [-0.25, -0.2) is 0 Å². The molecule has 1 unspecified atom stereocenters. The molecule has 0 aliphatic heterocycles. The zero-order valence-electron chi connectivity index (χ0n) is 5.63. The van der Waals surface area contributed by atoms with Gasteiger partial charge in [0.1, 0.15) is 4.84 Å². The standard InChI is InChI=1S/C6H12Cl2O2/c7-6(8)5(4-10)2-1-3-9/h5-6,9-10H,1-4H2. The SMILES string of the molecule is OCCCC(CO)C(Cl)Cl. The summed E-state index contributed by atoms with van der Waals surface area (Å²) in [6.07, 6.45) is 1.31. The molecule has 62 valence electrons. The van der Waals surface area contributed by atoms with E-state index in [1.54, 1.807) is 0 Å². The Balaban J connectivity index is 3.40. The van der Waals surface area contributed by atoms with Crippen molar-refractivity contribution in [2.24, 2.45) is 5.92 Å². The molecule has 1 atom stereocenters. The highest BCUT2D eigenvalue weighted by Gasteiger charge is 2.14. The lowest BCUT2D eigenvalue weighted by Crippen LogP contribution is -2.14. The second-order valence-corrected chi connectivity index (χ2v) is 3.31. The maximum atomic E-state index is 8.67. The van der Waals surface area contributed by atoms with E-state index in [0.29, 0.717) is 12.8 Å². The average molecular weight is 187 g/mol. The van der Waals surface area contributed by atoms with Crippen molar-refractivity contribution in [1.82, 2.24) is 0 Å². The molecule has 2 N–H and O–H groups in total. The third-order valence-corrected chi connectivity index (χ3v) is 2.04. The first-order valence-electron chi connectivity index (χ1n) is 3.22. The van der Waals surface area contributed by atoms with E-state index in [1.807, 2.05) is 0 Å². The lowest BCUT2D eigenvalue weighted by atomic mass is 10.1. The van der Waals surface area contributed by atoms with Gasteiger partial charge < -0.3 is 10.2 Å². The van der Waals surface area contributed by atoms with Crippen LogP contribution in [-0.2, 0) is 0 Å². The van der Waals surface area contributed by atoms with Gasteiger partial charge in [0.15, 0.2) is 0 Å². The van der Waals surface area contributed by atoms with Gasteiger partial charge in [-0.05, 0) is 12.8 Å². The minimum atomic E-state index is -0.531. The van der Waals surface area contributed by atoms with Crippen LogP contribution in [0.3, 0.4) is 0 Å². The van der Waals surface area contributed by atoms with Gasteiger partial charge >= 0.3 is 0 Å². The molecule has 4 heteroatoms. The molecule has 0 rings (SSSR count). The summed E-state index contributed by atoms with van der Waals surface area (Å²) in [7, 11) is 0. The van der Waals surface area contributed by atoms with Crippen molar-refractivity contribution in [3.05, 3.63) is 0 Å². The topological polar surface area (TPSA) is 40.5 Å². The van der Waals surface area contributed by atoms with Crippen LogP contribution >= 0.6 is 23.2 Å². The summed E-state index contributed by atoms with van der Waals surface area (Å²) < 4.78 is 0. The fraction of sp³-hybridized carbons (Fsp3) is 1.00. The molecule has 0 bridgehead atoms. The number of hydrogen-bond acceptors (Lipinski definition) is 2. The van der Waals surface area contributed by atoms with Crippen LogP contribution in [0.1, 0.15) is 12.8 Å². The lowest BCUT2D eigenvalue weighted by Gasteiger charge is -2.13. The van der Waals surface area contributed by atoms with Gasteiger partial charge in [-0.1, -0.05) is 0 Å². The largest absolute Gasteiger partial charge is 0.396 e. The average Bonchev–Trinajstić information content (AvgIpc) is 1.89. The van der Waals surface area contributed by atoms with Gasteiger partial charge in [0.25, 0.3) is 0 Å². The van der Waals surface area contributed by atoms with E-state index in [0.717, 1.165) is 0 Å². The number of aliphatic hydroxyl groups excluding tert-OH is 2. The molecule has 0 amide bonds. The van der Waals surface area contributed by atoms with Gasteiger partial charge in [-0.15, -0.1) is 23.2 Å². The maximum Gasteiger partial charge on any atom is 0.112 e. The molecule has 0 aromatic heterocycles. The van der Waals surface area contributed by atoms with Crippen LogP contribution in [0.25, 0.3) is 0 Å². The molecule has 2 nitrogen and oxygen atoms in total. The van der Waals surface area contributed by atoms with E-state index < -0.39 is 4.84 Å². The molecular weight excluding hydrogens is 175 g/mol. The number of rotatable bonds is 5. The molecular formula is C6H12Cl2O2. The molecule has 0 aliphatic carbocycles. The Morgan fingerprint density at radius 1 is 1.20 bits per heavy atom. The number of hydrogen-bond donors (Lipinski definition) is 2. The summed E-state index contributed by atoms with van der Waals surface area (Å²) in [6, 6.07) is 0. The third kappa shape index (κ3) is 4.34. The molecule has 0 saturated carbocycles. The maximum absolute atomic E-state index is 8.67. The van der Waals surface area contributed by atoms with Crippen LogP contribution in [0, 0.1) is 5.92 Å².